The van der Waals surface area contributed by atoms with Gasteiger partial charge in [0, 0.05) is 27.8 Å². The maximum absolute atomic E-state index is 11.1. The molecule has 0 N–H and O–H groups in total. The number of hydrogen-bond acceptors (Lipinski definition) is 6. The molecule has 7 heteroatoms. The number of nitro groups is 1. The number of benzene rings is 4. The summed E-state index contributed by atoms with van der Waals surface area (Å²) < 4.78 is 5.62. The second-order valence-electron chi connectivity index (χ2n) is 9.86. The van der Waals surface area contributed by atoms with Crippen LogP contribution in [0.5, 0.6) is 5.75 Å². The lowest BCUT2D eigenvalue weighted by Crippen LogP contribution is -2.31. The second-order valence-corrected chi connectivity index (χ2v) is 11.0. The van der Waals surface area contributed by atoms with Crippen molar-refractivity contribution in [3.8, 4) is 17.6 Å². The molecule has 1 aliphatic heterocycles. The van der Waals surface area contributed by atoms with E-state index in [0.717, 1.165) is 72.2 Å². The Kier molecular flexibility index (Phi) is 7.54. The van der Waals surface area contributed by atoms with Crippen LogP contribution in [0.1, 0.15) is 34.1 Å². The van der Waals surface area contributed by atoms with Crippen LogP contribution in [-0.2, 0) is 6.54 Å². The molecule has 5 aromatic rings. The van der Waals surface area contributed by atoms with Gasteiger partial charge in [0.05, 0.1) is 23.8 Å². The molecule has 6 nitrogen and oxygen atoms in total. The lowest BCUT2D eigenvalue weighted by Gasteiger charge is -2.30. The first-order valence-corrected chi connectivity index (χ1v) is 14.4. The highest BCUT2D eigenvalue weighted by atomic mass is 32.1. The summed E-state index contributed by atoms with van der Waals surface area (Å²) in [6.45, 7) is 5.37. The fourth-order valence-electron chi connectivity index (χ4n) is 4.95. The summed E-state index contributed by atoms with van der Waals surface area (Å²) in [6.07, 6.45) is 3.81. The lowest BCUT2D eigenvalue weighted by atomic mass is 10.0. The summed E-state index contributed by atoms with van der Waals surface area (Å²) >= 11 is 1.14. The van der Waals surface area contributed by atoms with E-state index in [1.807, 2.05) is 61.5 Å². The van der Waals surface area contributed by atoms with E-state index < -0.39 is 0 Å². The minimum absolute atomic E-state index is 0.120. The Balaban J connectivity index is 1.27. The number of hydrogen-bond donors (Lipinski definition) is 0. The summed E-state index contributed by atoms with van der Waals surface area (Å²) in [6, 6.07) is 29.9. The second kappa shape index (κ2) is 11.7. The number of anilines is 1. The average Bonchev–Trinajstić information content (AvgIpc) is 3.48. The summed E-state index contributed by atoms with van der Waals surface area (Å²) in [5, 5.41) is 13.5. The fraction of sp³-hybridized carbons (Fsp3) is 0.114. The lowest BCUT2D eigenvalue weighted by molar-refractivity contribution is -0.380. The highest BCUT2D eigenvalue weighted by Crippen LogP contribution is 2.33. The molecule has 4 aromatic carbocycles. The van der Waals surface area contributed by atoms with Crippen molar-refractivity contribution in [2.45, 2.75) is 20.4 Å². The van der Waals surface area contributed by atoms with Gasteiger partial charge in [0.1, 0.15) is 11.6 Å². The molecule has 0 atom stereocenters. The van der Waals surface area contributed by atoms with Gasteiger partial charge in [-0.05, 0) is 102 Å². The van der Waals surface area contributed by atoms with Crippen molar-refractivity contribution >= 4 is 50.4 Å². The van der Waals surface area contributed by atoms with Gasteiger partial charge in [-0.25, -0.2) is 4.99 Å². The van der Waals surface area contributed by atoms with Crippen molar-refractivity contribution in [2.24, 2.45) is 4.99 Å². The van der Waals surface area contributed by atoms with Gasteiger partial charge in [-0.15, -0.1) is 0 Å². The van der Waals surface area contributed by atoms with E-state index in [9.17, 15) is 10.1 Å². The Morgan fingerprint density at radius 3 is 2.50 bits per heavy atom. The van der Waals surface area contributed by atoms with Crippen LogP contribution < -0.4 is 9.64 Å². The third kappa shape index (κ3) is 5.80. The van der Waals surface area contributed by atoms with Crippen LogP contribution in [-0.4, -0.2) is 17.4 Å². The first kappa shape index (κ1) is 27.0. The van der Waals surface area contributed by atoms with E-state index in [-0.39, 0.29) is 9.92 Å². The molecule has 2 heterocycles. The molecule has 0 fully saturated rings. The highest BCUT2D eigenvalue weighted by Gasteiger charge is 2.21. The minimum Gasteiger partial charge on any atom is -0.494 e. The Morgan fingerprint density at radius 2 is 1.71 bits per heavy atom. The molecule has 0 saturated carbocycles. The zero-order valence-corrected chi connectivity index (χ0v) is 24.0. The molecular formula is C35H27N3O3S. The van der Waals surface area contributed by atoms with E-state index >= 15 is 0 Å². The van der Waals surface area contributed by atoms with Crippen molar-refractivity contribution in [3.63, 3.8) is 0 Å². The topological polar surface area (TPSA) is 68.0 Å². The van der Waals surface area contributed by atoms with Crippen molar-refractivity contribution in [2.75, 3.05) is 11.5 Å². The molecule has 1 aromatic heterocycles. The van der Waals surface area contributed by atoms with Crippen molar-refractivity contribution in [3.05, 3.63) is 134 Å². The number of rotatable bonds is 6. The fourth-order valence-corrected chi connectivity index (χ4v) is 5.67. The monoisotopic (exact) mass is 569 g/mol. The van der Waals surface area contributed by atoms with Gasteiger partial charge in [0.15, 0.2) is 0 Å². The van der Waals surface area contributed by atoms with Crippen LogP contribution in [0.2, 0.25) is 0 Å². The SMILES string of the molecule is CCOc1ccc2cc(C#Cc3ccc(N4Cc5ccccc5N=C4/C=C/c4ccc([N+](=O)[O-])s4)c(C)c3)ccc2c1. The van der Waals surface area contributed by atoms with Crippen LogP contribution in [0, 0.1) is 28.9 Å². The van der Waals surface area contributed by atoms with Crippen molar-refractivity contribution in [1.29, 1.82) is 0 Å². The zero-order valence-electron chi connectivity index (χ0n) is 23.2. The van der Waals surface area contributed by atoms with E-state index in [4.69, 9.17) is 9.73 Å². The van der Waals surface area contributed by atoms with Gasteiger partial charge in [-0.2, -0.15) is 0 Å². The molecule has 42 heavy (non-hydrogen) atoms. The van der Waals surface area contributed by atoms with Crippen molar-refractivity contribution in [1.82, 2.24) is 0 Å². The Labute approximate surface area is 248 Å². The molecular weight excluding hydrogens is 542 g/mol. The third-order valence-electron chi connectivity index (χ3n) is 6.98. The van der Waals surface area contributed by atoms with Crippen LogP contribution in [0.25, 0.3) is 16.8 Å². The summed E-state index contributed by atoms with van der Waals surface area (Å²) in [5.41, 5.74) is 6.06. The molecule has 0 unspecified atom stereocenters. The average molecular weight is 570 g/mol. The quantitative estimate of drug-likeness (QED) is 0.117. The van der Waals surface area contributed by atoms with E-state index in [1.54, 1.807) is 6.07 Å². The first-order valence-electron chi connectivity index (χ1n) is 13.6. The van der Waals surface area contributed by atoms with Crippen LogP contribution in [0.15, 0.2) is 102 Å². The van der Waals surface area contributed by atoms with E-state index in [1.165, 1.54) is 6.07 Å². The maximum atomic E-state index is 11.1. The Bertz CT molecular complexity index is 1940. The zero-order chi connectivity index (χ0) is 29.1. The minimum atomic E-state index is -0.366. The summed E-state index contributed by atoms with van der Waals surface area (Å²) in [4.78, 5) is 18.7. The third-order valence-corrected chi connectivity index (χ3v) is 7.98. The maximum Gasteiger partial charge on any atom is 0.324 e. The summed E-state index contributed by atoms with van der Waals surface area (Å²) in [7, 11) is 0. The van der Waals surface area contributed by atoms with Gasteiger partial charge in [-0.1, -0.05) is 53.5 Å². The molecule has 0 spiro atoms. The predicted octanol–water partition coefficient (Wildman–Crippen LogP) is 8.68. The highest BCUT2D eigenvalue weighted by molar-refractivity contribution is 7.16. The molecule has 206 valence electrons. The van der Waals surface area contributed by atoms with Gasteiger partial charge in [-0.3, -0.25) is 10.1 Å². The molecule has 6 rings (SSSR count). The van der Waals surface area contributed by atoms with Gasteiger partial charge < -0.3 is 9.64 Å². The predicted molar refractivity (Wildman–Crippen MR) is 172 cm³/mol. The number of aliphatic imine (C=N–C) groups is 1. The number of amidine groups is 1. The number of para-hydroxylation sites is 1. The molecule has 0 amide bonds. The van der Waals surface area contributed by atoms with Gasteiger partial charge in [0.2, 0.25) is 0 Å². The largest absolute Gasteiger partial charge is 0.494 e. The molecule has 1 aliphatic rings. The normalized spacial score (nSPS) is 12.5. The number of thiophene rings is 1. The van der Waals surface area contributed by atoms with Crippen LogP contribution >= 0.6 is 11.3 Å². The molecule has 0 radical (unpaired) electrons. The summed E-state index contributed by atoms with van der Waals surface area (Å²) in [5.74, 6) is 8.28. The van der Waals surface area contributed by atoms with E-state index in [2.05, 4.69) is 60.1 Å². The molecule has 0 saturated heterocycles. The van der Waals surface area contributed by atoms with Crippen molar-refractivity contribution < 1.29 is 9.66 Å². The molecule has 0 bridgehead atoms. The Morgan fingerprint density at radius 1 is 0.952 bits per heavy atom. The Hall–Kier alpha value is -5.19. The number of ether oxygens (including phenoxy) is 1. The van der Waals surface area contributed by atoms with Crippen LogP contribution in [0.4, 0.5) is 16.4 Å². The number of aryl methyl sites for hydroxylation is 1. The van der Waals surface area contributed by atoms with Gasteiger partial charge in [0.25, 0.3) is 0 Å². The number of nitrogens with zero attached hydrogens (tertiary/aromatic N) is 3. The standard InChI is InChI=1S/C35H27N3O3S/c1-3-41-30-14-13-27-21-26(10-12-28(27)22-30)9-8-25-11-17-33(24(2)20-25)37-23-29-6-4-5-7-32(29)36-34(37)18-15-31-16-19-35(42-31)38(39)40/h4-7,10-22H,3,23H2,1-2H3/b18-15+. The smallest absolute Gasteiger partial charge is 0.324 e. The van der Waals surface area contributed by atoms with Gasteiger partial charge >= 0.3 is 5.00 Å². The molecule has 0 aliphatic carbocycles. The van der Waals surface area contributed by atoms with Crippen LogP contribution in [0.3, 0.4) is 0 Å². The first-order chi connectivity index (χ1) is 20.5. The van der Waals surface area contributed by atoms with E-state index in [0.29, 0.717) is 13.2 Å². The number of fused-ring (bicyclic) bond motifs is 2.